The standard InChI is InChI=1S/C11H17NO4/c1-6-10(16-8(3)13)11(4)5-9(14-6)15-7(2)12-11/h6,9-10H,5H2,1-4H3/t6-,9-,10-,11+/m0/s1. The first kappa shape index (κ1) is 11.4. The van der Waals surface area contributed by atoms with E-state index in [9.17, 15) is 4.79 Å². The summed E-state index contributed by atoms with van der Waals surface area (Å²) in [5.74, 6) is 0.280. The molecule has 0 spiro atoms. The first-order valence-corrected chi connectivity index (χ1v) is 5.46. The maximum absolute atomic E-state index is 11.1. The molecule has 1 fully saturated rings. The van der Waals surface area contributed by atoms with Gasteiger partial charge in [0.2, 0.25) is 6.29 Å². The van der Waals surface area contributed by atoms with Crippen molar-refractivity contribution >= 4 is 11.9 Å². The van der Waals surface area contributed by atoms with Crippen molar-refractivity contribution in [3.05, 3.63) is 0 Å². The number of nitrogens with zero attached hydrogens (tertiary/aromatic N) is 1. The van der Waals surface area contributed by atoms with Gasteiger partial charge < -0.3 is 14.2 Å². The van der Waals surface area contributed by atoms with Crippen LogP contribution in [0.4, 0.5) is 0 Å². The Labute approximate surface area is 94.8 Å². The molecule has 2 aliphatic rings. The average Bonchev–Trinajstić information content (AvgIpc) is 2.09. The number of rotatable bonds is 1. The lowest BCUT2D eigenvalue weighted by atomic mass is 9.85. The zero-order valence-electron chi connectivity index (χ0n) is 10.0. The molecule has 2 bridgehead atoms. The largest absolute Gasteiger partial charge is 0.457 e. The Kier molecular flexibility index (Phi) is 2.66. The summed E-state index contributed by atoms with van der Waals surface area (Å²) < 4.78 is 16.4. The van der Waals surface area contributed by atoms with E-state index in [0.29, 0.717) is 12.3 Å². The maximum atomic E-state index is 11.1. The minimum absolute atomic E-state index is 0.204. The molecule has 4 atom stereocenters. The summed E-state index contributed by atoms with van der Waals surface area (Å²) in [6.07, 6.45) is -0.207. The van der Waals surface area contributed by atoms with Crippen molar-refractivity contribution in [3.63, 3.8) is 0 Å². The monoisotopic (exact) mass is 227 g/mol. The van der Waals surface area contributed by atoms with Crippen LogP contribution in [0.3, 0.4) is 0 Å². The summed E-state index contributed by atoms with van der Waals surface area (Å²) in [6, 6.07) is 0. The van der Waals surface area contributed by atoms with Gasteiger partial charge in [-0.05, 0) is 13.8 Å². The predicted molar refractivity (Wildman–Crippen MR) is 57.1 cm³/mol. The van der Waals surface area contributed by atoms with Gasteiger partial charge in [0.25, 0.3) is 0 Å². The summed E-state index contributed by atoms with van der Waals surface area (Å²) in [5.41, 5.74) is -0.434. The van der Waals surface area contributed by atoms with E-state index in [1.165, 1.54) is 6.92 Å². The van der Waals surface area contributed by atoms with Crippen LogP contribution in [0.25, 0.3) is 0 Å². The number of carbonyl (C=O) groups excluding carboxylic acids is 1. The average molecular weight is 227 g/mol. The molecule has 2 rings (SSSR count). The molecule has 2 aliphatic heterocycles. The second-order valence-corrected chi connectivity index (χ2v) is 4.61. The van der Waals surface area contributed by atoms with Crippen LogP contribution < -0.4 is 0 Å². The zero-order chi connectivity index (χ0) is 11.9. The summed E-state index contributed by atoms with van der Waals surface area (Å²) >= 11 is 0. The van der Waals surface area contributed by atoms with E-state index in [0.717, 1.165) is 0 Å². The third-order valence-electron chi connectivity index (χ3n) is 2.99. The van der Waals surface area contributed by atoms with Crippen molar-refractivity contribution in [2.24, 2.45) is 4.99 Å². The van der Waals surface area contributed by atoms with Crippen LogP contribution >= 0.6 is 0 Å². The number of carbonyl (C=O) groups is 1. The molecule has 0 aromatic carbocycles. The molecule has 16 heavy (non-hydrogen) atoms. The lowest BCUT2D eigenvalue weighted by Gasteiger charge is -2.46. The fraction of sp³-hybridized carbons (Fsp3) is 0.818. The number of esters is 1. The highest BCUT2D eigenvalue weighted by molar-refractivity contribution is 5.74. The molecule has 0 amide bonds. The molecule has 5 nitrogen and oxygen atoms in total. The van der Waals surface area contributed by atoms with Gasteiger partial charge in [0.15, 0.2) is 12.0 Å². The second-order valence-electron chi connectivity index (χ2n) is 4.61. The van der Waals surface area contributed by atoms with Crippen LogP contribution in [0.1, 0.15) is 34.1 Å². The molecule has 0 saturated carbocycles. The minimum Gasteiger partial charge on any atom is -0.457 e. The number of hydrogen-bond donors (Lipinski definition) is 0. The Balaban J connectivity index is 2.28. The van der Waals surface area contributed by atoms with E-state index in [1.54, 1.807) is 6.92 Å². The van der Waals surface area contributed by atoms with E-state index in [-0.39, 0.29) is 24.5 Å². The SMILES string of the molecule is CC(=O)O[C@H]1[C@H](C)O[C@@H]2C[C@@]1(C)N=C(C)O2. The lowest BCUT2D eigenvalue weighted by Crippen LogP contribution is -2.58. The van der Waals surface area contributed by atoms with Crippen molar-refractivity contribution in [1.82, 2.24) is 0 Å². The molecule has 0 aliphatic carbocycles. The highest BCUT2D eigenvalue weighted by atomic mass is 16.7. The van der Waals surface area contributed by atoms with Crippen LogP contribution in [0.5, 0.6) is 0 Å². The fourth-order valence-electron chi connectivity index (χ4n) is 2.47. The van der Waals surface area contributed by atoms with Crippen molar-refractivity contribution < 1.29 is 19.0 Å². The van der Waals surface area contributed by atoms with Gasteiger partial charge in [-0.25, -0.2) is 4.99 Å². The van der Waals surface area contributed by atoms with Crippen LogP contribution in [0.15, 0.2) is 4.99 Å². The second kappa shape index (κ2) is 3.73. The zero-order valence-corrected chi connectivity index (χ0v) is 10.0. The fourth-order valence-corrected chi connectivity index (χ4v) is 2.47. The summed E-state index contributed by atoms with van der Waals surface area (Å²) in [5, 5.41) is 0. The Morgan fingerprint density at radius 1 is 1.62 bits per heavy atom. The topological polar surface area (TPSA) is 57.1 Å². The molecular formula is C11H17NO4. The van der Waals surface area contributed by atoms with Gasteiger partial charge in [-0.15, -0.1) is 0 Å². The summed E-state index contributed by atoms with van der Waals surface area (Å²) in [7, 11) is 0. The molecule has 1 saturated heterocycles. The highest BCUT2D eigenvalue weighted by Gasteiger charge is 2.50. The Hall–Kier alpha value is -1.10. The normalized spacial score (nSPS) is 42.0. The Bertz CT molecular complexity index is 341. The first-order valence-electron chi connectivity index (χ1n) is 5.46. The van der Waals surface area contributed by atoms with Crippen molar-refractivity contribution in [2.75, 3.05) is 0 Å². The van der Waals surface area contributed by atoms with Gasteiger partial charge in [-0.3, -0.25) is 4.79 Å². The summed E-state index contributed by atoms with van der Waals surface area (Å²) in [4.78, 5) is 15.5. The molecular weight excluding hydrogens is 210 g/mol. The van der Waals surface area contributed by atoms with Crippen LogP contribution in [0.2, 0.25) is 0 Å². The third-order valence-corrected chi connectivity index (χ3v) is 2.99. The van der Waals surface area contributed by atoms with E-state index in [1.807, 2.05) is 13.8 Å². The Morgan fingerprint density at radius 2 is 2.31 bits per heavy atom. The van der Waals surface area contributed by atoms with E-state index in [4.69, 9.17) is 14.2 Å². The smallest absolute Gasteiger partial charge is 0.303 e. The van der Waals surface area contributed by atoms with Crippen molar-refractivity contribution in [2.45, 2.75) is 58.2 Å². The van der Waals surface area contributed by atoms with E-state index < -0.39 is 5.54 Å². The van der Waals surface area contributed by atoms with Gasteiger partial charge in [0.05, 0.1) is 6.10 Å². The maximum Gasteiger partial charge on any atom is 0.303 e. The molecule has 0 aromatic heterocycles. The van der Waals surface area contributed by atoms with Crippen LogP contribution in [0, 0.1) is 0 Å². The first-order chi connectivity index (χ1) is 7.40. The number of hydrogen-bond acceptors (Lipinski definition) is 5. The third kappa shape index (κ3) is 1.91. The van der Waals surface area contributed by atoms with Crippen LogP contribution in [-0.2, 0) is 19.0 Å². The highest BCUT2D eigenvalue weighted by Crippen LogP contribution is 2.37. The van der Waals surface area contributed by atoms with E-state index in [2.05, 4.69) is 4.99 Å². The van der Waals surface area contributed by atoms with Gasteiger partial charge in [-0.1, -0.05) is 0 Å². The number of fused-ring (bicyclic) bond motifs is 2. The number of aliphatic imine (C=N–C) groups is 1. The summed E-state index contributed by atoms with van der Waals surface area (Å²) in [6.45, 7) is 7.03. The lowest BCUT2D eigenvalue weighted by molar-refractivity contribution is -0.228. The van der Waals surface area contributed by atoms with Gasteiger partial charge in [0, 0.05) is 20.3 Å². The molecule has 0 N–H and O–H groups in total. The minimum atomic E-state index is -0.434. The van der Waals surface area contributed by atoms with E-state index >= 15 is 0 Å². The number of ether oxygens (including phenoxy) is 3. The quantitative estimate of drug-likeness (QED) is 0.633. The Morgan fingerprint density at radius 3 is 2.94 bits per heavy atom. The molecule has 5 heteroatoms. The molecule has 0 radical (unpaired) electrons. The molecule has 0 aromatic rings. The molecule has 2 heterocycles. The predicted octanol–water partition coefficient (Wildman–Crippen LogP) is 1.26. The van der Waals surface area contributed by atoms with Crippen molar-refractivity contribution in [1.29, 1.82) is 0 Å². The van der Waals surface area contributed by atoms with Gasteiger partial charge in [0.1, 0.15) is 5.54 Å². The molecule has 90 valence electrons. The molecule has 0 unspecified atom stereocenters. The van der Waals surface area contributed by atoms with Crippen LogP contribution in [-0.4, -0.2) is 35.9 Å². The van der Waals surface area contributed by atoms with Crippen molar-refractivity contribution in [3.8, 4) is 0 Å². The van der Waals surface area contributed by atoms with Gasteiger partial charge in [-0.2, -0.15) is 0 Å². The van der Waals surface area contributed by atoms with Gasteiger partial charge >= 0.3 is 5.97 Å².